The summed E-state index contributed by atoms with van der Waals surface area (Å²) in [6.07, 6.45) is 1.14. The van der Waals surface area contributed by atoms with Crippen LogP contribution in [0.4, 0.5) is 4.39 Å². The fourth-order valence-electron chi connectivity index (χ4n) is 1.42. The van der Waals surface area contributed by atoms with E-state index in [9.17, 15) is 9.18 Å². The molecule has 4 heteroatoms. The molecule has 0 aliphatic rings. The molecule has 1 aromatic rings. The van der Waals surface area contributed by atoms with Gasteiger partial charge in [0.05, 0.1) is 6.10 Å². The molecule has 0 heterocycles. The number of aliphatic hydroxyl groups is 1. The van der Waals surface area contributed by atoms with Gasteiger partial charge >= 0.3 is 0 Å². The van der Waals surface area contributed by atoms with Gasteiger partial charge in [0.2, 0.25) is 5.91 Å². The van der Waals surface area contributed by atoms with Gasteiger partial charge in [-0.05, 0) is 37.5 Å². The van der Waals surface area contributed by atoms with Crippen LogP contribution in [-0.2, 0) is 11.2 Å². The largest absolute Gasteiger partial charge is 0.393 e. The standard InChI is InChI=1S/C13H18FNO2/c1-10(16)8-9-15-13(17)7-4-11-2-5-12(14)6-3-11/h2-3,5-6,10,16H,4,7-9H2,1H3,(H,15,17). The molecule has 0 aromatic heterocycles. The van der Waals surface area contributed by atoms with Crippen LogP contribution in [0, 0.1) is 5.82 Å². The summed E-state index contributed by atoms with van der Waals surface area (Å²) in [7, 11) is 0. The first kappa shape index (κ1) is 13.6. The van der Waals surface area contributed by atoms with Gasteiger partial charge in [-0.3, -0.25) is 4.79 Å². The number of carbonyl (C=O) groups is 1. The quantitative estimate of drug-likeness (QED) is 0.793. The van der Waals surface area contributed by atoms with E-state index in [1.165, 1.54) is 12.1 Å². The minimum absolute atomic E-state index is 0.0463. The molecule has 17 heavy (non-hydrogen) atoms. The molecular formula is C13H18FNO2. The van der Waals surface area contributed by atoms with Crippen molar-refractivity contribution >= 4 is 5.91 Å². The van der Waals surface area contributed by atoms with Crippen LogP contribution in [0.2, 0.25) is 0 Å². The number of nitrogens with one attached hydrogen (secondary N) is 1. The average Bonchev–Trinajstić information content (AvgIpc) is 2.28. The lowest BCUT2D eigenvalue weighted by Gasteiger charge is -2.06. The van der Waals surface area contributed by atoms with E-state index in [2.05, 4.69) is 5.32 Å². The first-order valence-electron chi connectivity index (χ1n) is 5.77. The van der Waals surface area contributed by atoms with Crippen molar-refractivity contribution in [3.63, 3.8) is 0 Å². The predicted octanol–water partition coefficient (Wildman–Crippen LogP) is 1.65. The fraction of sp³-hybridized carbons (Fsp3) is 0.462. The molecule has 1 unspecified atom stereocenters. The van der Waals surface area contributed by atoms with Crippen LogP contribution < -0.4 is 5.32 Å². The Hall–Kier alpha value is -1.42. The topological polar surface area (TPSA) is 49.3 Å². The summed E-state index contributed by atoms with van der Waals surface area (Å²) in [6.45, 7) is 2.17. The Balaban J connectivity index is 2.21. The molecule has 0 spiro atoms. The van der Waals surface area contributed by atoms with E-state index < -0.39 is 6.10 Å². The van der Waals surface area contributed by atoms with Crippen molar-refractivity contribution in [1.29, 1.82) is 0 Å². The van der Waals surface area contributed by atoms with Crippen molar-refractivity contribution in [2.45, 2.75) is 32.3 Å². The number of benzene rings is 1. The number of hydrogen-bond donors (Lipinski definition) is 2. The molecule has 0 aliphatic carbocycles. The van der Waals surface area contributed by atoms with Gasteiger partial charge < -0.3 is 10.4 Å². The van der Waals surface area contributed by atoms with Gasteiger partial charge in [-0.25, -0.2) is 4.39 Å². The van der Waals surface area contributed by atoms with Crippen LogP contribution in [0.3, 0.4) is 0 Å². The number of amides is 1. The van der Waals surface area contributed by atoms with Crippen molar-refractivity contribution in [1.82, 2.24) is 5.32 Å². The van der Waals surface area contributed by atoms with Crippen molar-refractivity contribution < 1.29 is 14.3 Å². The van der Waals surface area contributed by atoms with E-state index in [0.29, 0.717) is 25.8 Å². The Bertz CT molecular complexity index is 349. The van der Waals surface area contributed by atoms with Crippen LogP contribution in [0.15, 0.2) is 24.3 Å². The third-order valence-corrected chi connectivity index (χ3v) is 2.44. The van der Waals surface area contributed by atoms with E-state index in [1.807, 2.05) is 0 Å². The van der Waals surface area contributed by atoms with Crippen LogP contribution in [-0.4, -0.2) is 23.7 Å². The van der Waals surface area contributed by atoms with Crippen molar-refractivity contribution in [2.75, 3.05) is 6.54 Å². The summed E-state index contributed by atoms with van der Waals surface area (Å²) in [5.41, 5.74) is 0.942. The van der Waals surface area contributed by atoms with Crippen molar-refractivity contribution in [3.05, 3.63) is 35.6 Å². The molecule has 94 valence electrons. The molecule has 1 amide bonds. The molecule has 0 bridgehead atoms. The maximum absolute atomic E-state index is 12.6. The molecule has 3 nitrogen and oxygen atoms in total. The molecule has 2 N–H and O–H groups in total. The number of aliphatic hydroxyl groups excluding tert-OH is 1. The third kappa shape index (κ3) is 6.02. The average molecular weight is 239 g/mol. The number of rotatable bonds is 6. The number of carbonyl (C=O) groups excluding carboxylic acids is 1. The molecule has 0 radical (unpaired) electrons. The van der Waals surface area contributed by atoms with Crippen LogP contribution in [0.1, 0.15) is 25.3 Å². The summed E-state index contributed by atoms with van der Waals surface area (Å²) in [5.74, 6) is -0.315. The van der Waals surface area contributed by atoms with E-state index in [-0.39, 0.29) is 11.7 Å². The van der Waals surface area contributed by atoms with Gasteiger partial charge in [-0.1, -0.05) is 12.1 Å². The third-order valence-electron chi connectivity index (χ3n) is 2.44. The van der Waals surface area contributed by atoms with Gasteiger partial charge in [-0.2, -0.15) is 0 Å². The summed E-state index contributed by atoms with van der Waals surface area (Å²) in [6, 6.07) is 6.14. The summed E-state index contributed by atoms with van der Waals surface area (Å²) in [4.78, 5) is 11.4. The van der Waals surface area contributed by atoms with E-state index in [0.717, 1.165) is 5.56 Å². The molecule has 0 fully saturated rings. The van der Waals surface area contributed by atoms with Gasteiger partial charge in [-0.15, -0.1) is 0 Å². The minimum Gasteiger partial charge on any atom is -0.393 e. The SMILES string of the molecule is CC(O)CCNC(=O)CCc1ccc(F)cc1. The highest BCUT2D eigenvalue weighted by atomic mass is 19.1. The second kappa shape index (κ2) is 7.01. The smallest absolute Gasteiger partial charge is 0.220 e. The first-order chi connectivity index (χ1) is 8.08. The molecule has 1 rings (SSSR count). The van der Waals surface area contributed by atoms with E-state index in [4.69, 9.17) is 5.11 Å². The Morgan fingerprint density at radius 3 is 2.65 bits per heavy atom. The monoisotopic (exact) mass is 239 g/mol. The maximum Gasteiger partial charge on any atom is 0.220 e. The zero-order chi connectivity index (χ0) is 12.7. The molecule has 0 saturated heterocycles. The lowest BCUT2D eigenvalue weighted by molar-refractivity contribution is -0.121. The van der Waals surface area contributed by atoms with Crippen LogP contribution in [0.25, 0.3) is 0 Å². The Labute approximate surface area is 101 Å². The zero-order valence-corrected chi connectivity index (χ0v) is 9.95. The number of aryl methyl sites for hydroxylation is 1. The van der Waals surface area contributed by atoms with E-state index in [1.54, 1.807) is 19.1 Å². The summed E-state index contributed by atoms with van der Waals surface area (Å²) in [5, 5.41) is 11.7. The van der Waals surface area contributed by atoms with Gasteiger partial charge in [0.15, 0.2) is 0 Å². The van der Waals surface area contributed by atoms with E-state index >= 15 is 0 Å². The first-order valence-corrected chi connectivity index (χ1v) is 5.77. The van der Waals surface area contributed by atoms with Crippen molar-refractivity contribution in [3.8, 4) is 0 Å². The fourth-order valence-corrected chi connectivity index (χ4v) is 1.42. The van der Waals surface area contributed by atoms with Crippen molar-refractivity contribution in [2.24, 2.45) is 0 Å². The highest BCUT2D eigenvalue weighted by Crippen LogP contribution is 2.05. The van der Waals surface area contributed by atoms with Crippen LogP contribution >= 0.6 is 0 Å². The molecule has 0 aliphatic heterocycles. The molecule has 1 atom stereocenters. The summed E-state index contributed by atoms with van der Waals surface area (Å²) >= 11 is 0. The molecular weight excluding hydrogens is 221 g/mol. The normalized spacial score (nSPS) is 12.2. The second-order valence-corrected chi connectivity index (χ2v) is 4.11. The number of hydrogen-bond acceptors (Lipinski definition) is 2. The van der Waals surface area contributed by atoms with Gasteiger partial charge in [0.1, 0.15) is 5.82 Å². The van der Waals surface area contributed by atoms with Crippen LogP contribution in [0.5, 0.6) is 0 Å². The zero-order valence-electron chi connectivity index (χ0n) is 9.95. The minimum atomic E-state index is -0.396. The molecule has 0 saturated carbocycles. The Morgan fingerprint density at radius 2 is 2.06 bits per heavy atom. The lowest BCUT2D eigenvalue weighted by atomic mass is 10.1. The lowest BCUT2D eigenvalue weighted by Crippen LogP contribution is -2.26. The Kier molecular flexibility index (Phi) is 5.63. The molecule has 1 aromatic carbocycles. The number of halogens is 1. The maximum atomic E-state index is 12.6. The van der Waals surface area contributed by atoms with Gasteiger partial charge in [0.25, 0.3) is 0 Å². The van der Waals surface area contributed by atoms with Gasteiger partial charge in [0, 0.05) is 13.0 Å². The highest BCUT2D eigenvalue weighted by molar-refractivity contribution is 5.76. The Morgan fingerprint density at radius 1 is 1.41 bits per heavy atom. The predicted molar refractivity (Wildman–Crippen MR) is 64.0 cm³/mol. The second-order valence-electron chi connectivity index (χ2n) is 4.11. The highest BCUT2D eigenvalue weighted by Gasteiger charge is 2.03. The summed E-state index contributed by atoms with van der Waals surface area (Å²) < 4.78 is 12.6.